The van der Waals surface area contributed by atoms with Crippen molar-refractivity contribution in [3.05, 3.63) is 65.1 Å². The average molecular weight is 381 g/mol. The first-order valence-electron chi connectivity index (χ1n) is 8.98. The third kappa shape index (κ3) is 4.11. The zero-order valence-electron chi connectivity index (χ0n) is 16.3. The minimum atomic E-state index is -0.431. The molecule has 0 aliphatic rings. The number of aromatic amines is 1. The molecule has 2 N–H and O–H groups in total. The van der Waals surface area contributed by atoms with Crippen LogP contribution < -0.4 is 5.32 Å². The summed E-state index contributed by atoms with van der Waals surface area (Å²) in [7, 11) is 0. The molecule has 0 saturated carbocycles. The van der Waals surface area contributed by atoms with Crippen LogP contribution in [0.3, 0.4) is 0 Å². The highest BCUT2D eigenvalue weighted by Gasteiger charge is 2.23. The van der Waals surface area contributed by atoms with Gasteiger partial charge in [-0.2, -0.15) is 0 Å². The van der Waals surface area contributed by atoms with Gasteiger partial charge in [0, 0.05) is 30.8 Å². The molecule has 0 aliphatic heterocycles. The van der Waals surface area contributed by atoms with Crippen LogP contribution in [0, 0.1) is 13.8 Å². The highest BCUT2D eigenvalue weighted by molar-refractivity contribution is 6.00. The van der Waals surface area contributed by atoms with Crippen molar-refractivity contribution in [1.82, 2.24) is 24.8 Å². The largest absolute Gasteiger partial charge is 0.459 e. The van der Waals surface area contributed by atoms with Gasteiger partial charge in [0.2, 0.25) is 0 Å². The second-order valence-electron chi connectivity index (χ2n) is 6.76. The first-order valence-corrected chi connectivity index (χ1v) is 8.98. The predicted molar refractivity (Wildman–Crippen MR) is 103 cm³/mol. The van der Waals surface area contributed by atoms with Crippen LogP contribution in [0.5, 0.6) is 0 Å². The van der Waals surface area contributed by atoms with Crippen molar-refractivity contribution in [2.24, 2.45) is 0 Å². The van der Waals surface area contributed by atoms with E-state index < -0.39 is 5.97 Å². The summed E-state index contributed by atoms with van der Waals surface area (Å²) >= 11 is 0. The second-order valence-corrected chi connectivity index (χ2v) is 6.76. The Morgan fingerprint density at radius 3 is 2.68 bits per heavy atom. The number of nitrogens with one attached hydrogen (secondary N) is 2. The number of aryl methyl sites for hydroxylation is 1. The van der Waals surface area contributed by atoms with Gasteiger partial charge in [-0.25, -0.2) is 14.8 Å². The fraction of sp³-hybridized carbons (Fsp3) is 0.300. The summed E-state index contributed by atoms with van der Waals surface area (Å²) in [6.45, 7) is 7.37. The number of hydrogen-bond donors (Lipinski definition) is 2. The number of imidazole rings is 1. The summed E-state index contributed by atoms with van der Waals surface area (Å²) in [6.07, 6.45) is 6.64. The molecule has 0 unspecified atom stereocenters. The Balaban J connectivity index is 1.67. The van der Waals surface area contributed by atoms with Crippen LogP contribution in [0.1, 0.15) is 51.5 Å². The van der Waals surface area contributed by atoms with Crippen LogP contribution in [0.4, 0.5) is 0 Å². The van der Waals surface area contributed by atoms with Crippen molar-refractivity contribution in [3.63, 3.8) is 0 Å². The van der Waals surface area contributed by atoms with Gasteiger partial charge in [-0.1, -0.05) is 6.07 Å². The highest BCUT2D eigenvalue weighted by atomic mass is 16.5. The van der Waals surface area contributed by atoms with Crippen LogP contribution >= 0.6 is 0 Å². The molecule has 146 valence electrons. The number of H-pyrrole nitrogens is 1. The number of esters is 1. The van der Waals surface area contributed by atoms with E-state index in [1.54, 1.807) is 51.0 Å². The van der Waals surface area contributed by atoms with E-state index in [1.165, 1.54) is 0 Å². The van der Waals surface area contributed by atoms with E-state index in [9.17, 15) is 9.59 Å². The van der Waals surface area contributed by atoms with E-state index in [2.05, 4.69) is 20.3 Å². The van der Waals surface area contributed by atoms with Crippen molar-refractivity contribution in [1.29, 1.82) is 0 Å². The molecular formula is C20H23N5O3. The molecule has 0 aromatic carbocycles. The van der Waals surface area contributed by atoms with E-state index in [0.717, 1.165) is 11.4 Å². The van der Waals surface area contributed by atoms with Crippen molar-refractivity contribution >= 4 is 11.9 Å². The van der Waals surface area contributed by atoms with Crippen molar-refractivity contribution in [2.75, 3.05) is 0 Å². The second kappa shape index (κ2) is 8.08. The van der Waals surface area contributed by atoms with Gasteiger partial charge in [0.05, 0.1) is 11.7 Å². The molecule has 0 atom stereocenters. The number of aromatic nitrogens is 4. The molecule has 3 aromatic heterocycles. The Morgan fingerprint density at radius 1 is 1.29 bits per heavy atom. The van der Waals surface area contributed by atoms with E-state index in [1.807, 2.05) is 18.3 Å². The molecule has 0 spiro atoms. The molecule has 3 rings (SSSR count). The van der Waals surface area contributed by atoms with Gasteiger partial charge in [-0.15, -0.1) is 0 Å². The molecule has 1 amide bonds. The number of hydrogen-bond acceptors (Lipinski definition) is 5. The summed E-state index contributed by atoms with van der Waals surface area (Å²) in [5.74, 6) is 0.0270. The van der Waals surface area contributed by atoms with E-state index >= 15 is 0 Å². The van der Waals surface area contributed by atoms with Gasteiger partial charge >= 0.3 is 5.97 Å². The number of carbonyl (C=O) groups is 2. The van der Waals surface area contributed by atoms with Gasteiger partial charge in [-0.05, 0) is 44.9 Å². The molecule has 0 fully saturated rings. The number of rotatable bonds is 6. The monoisotopic (exact) mass is 381 g/mol. The molecule has 8 heteroatoms. The Labute approximate surface area is 163 Å². The smallest absolute Gasteiger partial charge is 0.340 e. The van der Waals surface area contributed by atoms with Crippen LogP contribution in [0.15, 0.2) is 37.1 Å². The first-order chi connectivity index (χ1) is 13.4. The third-order valence-electron chi connectivity index (χ3n) is 4.24. The van der Waals surface area contributed by atoms with E-state index in [4.69, 9.17) is 4.74 Å². The van der Waals surface area contributed by atoms with Crippen molar-refractivity contribution in [3.8, 4) is 5.82 Å². The number of nitrogens with zero attached hydrogens (tertiary/aromatic N) is 3. The molecular weight excluding hydrogens is 358 g/mol. The maximum Gasteiger partial charge on any atom is 0.340 e. The van der Waals surface area contributed by atoms with Gasteiger partial charge in [0.1, 0.15) is 17.8 Å². The van der Waals surface area contributed by atoms with Gasteiger partial charge in [-0.3, -0.25) is 9.36 Å². The zero-order chi connectivity index (χ0) is 20.3. The maximum absolute atomic E-state index is 12.6. The number of pyridine rings is 1. The first kappa shape index (κ1) is 19.3. The summed E-state index contributed by atoms with van der Waals surface area (Å²) in [6, 6.07) is 3.74. The summed E-state index contributed by atoms with van der Waals surface area (Å²) < 4.78 is 7.05. The molecule has 28 heavy (non-hydrogen) atoms. The molecule has 0 saturated heterocycles. The van der Waals surface area contributed by atoms with Crippen molar-refractivity contribution in [2.45, 2.75) is 40.3 Å². The lowest BCUT2D eigenvalue weighted by Gasteiger charge is -2.08. The third-order valence-corrected chi connectivity index (χ3v) is 4.24. The predicted octanol–water partition coefficient (Wildman–Crippen LogP) is 2.71. The highest BCUT2D eigenvalue weighted by Crippen LogP contribution is 2.19. The lowest BCUT2D eigenvalue weighted by Crippen LogP contribution is -2.24. The SMILES string of the molecule is Cc1[nH]c(C(=O)NCc2ccc(-n3ccnc3)nc2)c(C)c1C(=O)OC(C)C. The molecule has 3 aromatic rings. The van der Waals surface area contributed by atoms with Gasteiger partial charge < -0.3 is 15.0 Å². The Kier molecular flexibility index (Phi) is 5.58. The van der Waals surface area contributed by atoms with E-state index in [0.29, 0.717) is 29.1 Å². The maximum atomic E-state index is 12.6. The lowest BCUT2D eigenvalue weighted by molar-refractivity contribution is 0.0376. The minimum Gasteiger partial charge on any atom is -0.459 e. The number of ether oxygens (including phenoxy) is 1. The topological polar surface area (TPSA) is 102 Å². The molecule has 0 aliphatic carbocycles. The number of carbonyl (C=O) groups excluding carboxylic acids is 2. The minimum absolute atomic E-state index is 0.226. The van der Waals surface area contributed by atoms with Gasteiger partial charge in [0.15, 0.2) is 0 Å². The van der Waals surface area contributed by atoms with Crippen LogP contribution in [0.2, 0.25) is 0 Å². The average Bonchev–Trinajstić information content (AvgIpc) is 3.28. The van der Waals surface area contributed by atoms with E-state index in [-0.39, 0.29) is 12.0 Å². The number of amides is 1. The van der Waals surface area contributed by atoms with Gasteiger partial charge in [0.25, 0.3) is 5.91 Å². The lowest BCUT2D eigenvalue weighted by atomic mass is 10.1. The molecule has 0 radical (unpaired) electrons. The fourth-order valence-corrected chi connectivity index (χ4v) is 2.90. The summed E-state index contributed by atoms with van der Waals surface area (Å²) in [5.41, 5.74) is 2.81. The standard InChI is InChI=1S/C20H23N5O3/c1-12(2)28-20(27)17-13(3)18(24-14(17)4)19(26)23-10-15-5-6-16(22-9-15)25-8-7-21-11-25/h5-9,11-12,24H,10H2,1-4H3,(H,23,26). The Hall–Kier alpha value is -3.42. The molecule has 3 heterocycles. The summed E-state index contributed by atoms with van der Waals surface area (Å²) in [5, 5.41) is 2.85. The molecule has 8 nitrogen and oxygen atoms in total. The Morgan fingerprint density at radius 2 is 2.07 bits per heavy atom. The summed E-state index contributed by atoms with van der Waals surface area (Å²) in [4.78, 5) is 36.2. The van der Waals surface area contributed by atoms with Crippen molar-refractivity contribution < 1.29 is 14.3 Å². The normalized spacial score (nSPS) is 10.9. The van der Waals surface area contributed by atoms with Crippen LogP contribution in [-0.2, 0) is 11.3 Å². The fourth-order valence-electron chi connectivity index (χ4n) is 2.90. The molecule has 0 bridgehead atoms. The van der Waals surface area contributed by atoms with Crippen LogP contribution in [0.25, 0.3) is 5.82 Å². The van der Waals surface area contributed by atoms with Crippen LogP contribution in [-0.4, -0.2) is 37.5 Å². The quantitative estimate of drug-likeness (QED) is 0.639. The zero-order valence-corrected chi connectivity index (χ0v) is 16.3. The Bertz CT molecular complexity index is 972.